The number of ether oxygens (including phenoxy) is 1. The van der Waals surface area contributed by atoms with Crippen LogP contribution in [0.3, 0.4) is 0 Å². The van der Waals surface area contributed by atoms with E-state index in [0.717, 1.165) is 48.7 Å². The molecular weight excluding hydrogens is 483 g/mol. The van der Waals surface area contributed by atoms with Crippen molar-refractivity contribution in [3.05, 3.63) is 77.0 Å². The molecule has 1 atom stereocenters. The minimum Gasteiger partial charge on any atom is -0.381 e. The molecule has 4 aromatic rings. The van der Waals surface area contributed by atoms with Crippen molar-refractivity contribution in [3.63, 3.8) is 0 Å². The Hall–Kier alpha value is -3.82. The third kappa shape index (κ3) is 4.12. The molecule has 9 heteroatoms. The number of aromatic nitrogens is 3. The van der Waals surface area contributed by atoms with Gasteiger partial charge in [-0.1, -0.05) is 12.1 Å². The van der Waals surface area contributed by atoms with Crippen LogP contribution >= 0.6 is 0 Å². The van der Waals surface area contributed by atoms with Gasteiger partial charge in [-0.25, -0.2) is 14.4 Å². The number of nitrogens with zero attached hydrogens (tertiary/aromatic N) is 4. The van der Waals surface area contributed by atoms with E-state index >= 15 is 0 Å². The molecule has 38 heavy (non-hydrogen) atoms. The van der Waals surface area contributed by atoms with Crippen molar-refractivity contribution in [1.29, 1.82) is 0 Å². The van der Waals surface area contributed by atoms with Crippen LogP contribution < -0.4 is 10.6 Å². The van der Waals surface area contributed by atoms with Crippen LogP contribution in [0.15, 0.2) is 48.8 Å². The van der Waals surface area contributed by atoms with Crippen LogP contribution in [0.5, 0.6) is 0 Å². The fourth-order valence-electron chi connectivity index (χ4n) is 5.73. The van der Waals surface area contributed by atoms with E-state index in [9.17, 15) is 9.18 Å². The largest absolute Gasteiger partial charge is 0.381 e. The maximum atomic E-state index is 13.7. The molecule has 2 N–H and O–H groups in total. The second-order valence-corrected chi connectivity index (χ2v) is 10.5. The number of amides is 1. The van der Waals surface area contributed by atoms with Crippen molar-refractivity contribution in [2.45, 2.75) is 44.3 Å². The molecule has 0 spiro atoms. The fraction of sp³-hybridized carbons (Fsp3) is 0.345. The van der Waals surface area contributed by atoms with E-state index in [1.54, 1.807) is 12.4 Å². The highest BCUT2D eigenvalue weighted by Gasteiger charge is 2.30. The predicted molar refractivity (Wildman–Crippen MR) is 142 cm³/mol. The second-order valence-electron chi connectivity index (χ2n) is 10.5. The minimum atomic E-state index is -0.335. The van der Waals surface area contributed by atoms with Crippen LogP contribution in [-0.4, -0.2) is 51.5 Å². The molecule has 1 aliphatic carbocycles. The summed E-state index contributed by atoms with van der Waals surface area (Å²) in [4.78, 5) is 24.8. The number of rotatable bonds is 7. The fourth-order valence-corrected chi connectivity index (χ4v) is 5.73. The van der Waals surface area contributed by atoms with E-state index in [-0.39, 0.29) is 11.7 Å². The number of hydrogen-bond donors (Lipinski definition) is 2. The zero-order valence-electron chi connectivity index (χ0n) is 21.2. The lowest BCUT2D eigenvalue weighted by molar-refractivity contribution is 0.0966. The Balaban J connectivity index is 1.24. The van der Waals surface area contributed by atoms with E-state index in [1.165, 1.54) is 30.5 Å². The topological polar surface area (TPSA) is 83.8 Å². The normalized spacial score (nSPS) is 18.8. The Morgan fingerprint density at radius 1 is 1.21 bits per heavy atom. The maximum Gasteiger partial charge on any atom is 0.254 e. The molecular formula is C29H29FN6O2. The Labute approximate surface area is 219 Å². The molecule has 1 aromatic carbocycles. The number of fused-ring (bicyclic) bond motifs is 2. The summed E-state index contributed by atoms with van der Waals surface area (Å²) in [5.74, 6) is 0.620. The molecule has 1 saturated carbocycles. The number of anilines is 2. The van der Waals surface area contributed by atoms with Gasteiger partial charge in [-0.2, -0.15) is 0 Å². The summed E-state index contributed by atoms with van der Waals surface area (Å²) in [5.41, 5.74) is 6.74. The van der Waals surface area contributed by atoms with Crippen LogP contribution in [0.25, 0.3) is 16.9 Å². The molecule has 5 heterocycles. The number of hydrogen-bond acceptors (Lipinski definition) is 6. The first-order chi connectivity index (χ1) is 18.5. The van der Waals surface area contributed by atoms with Gasteiger partial charge in [0.05, 0.1) is 35.4 Å². The first-order valence-electron chi connectivity index (χ1n) is 13.2. The average Bonchev–Trinajstić information content (AvgIpc) is 3.27. The third-order valence-electron chi connectivity index (χ3n) is 7.93. The van der Waals surface area contributed by atoms with E-state index in [2.05, 4.69) is 33.6 Å². The number of benzene rings is 1. The molecule has 8 nitrogen and oxygen atoms in total. The van der Waals surface area contributed by atoms with E-state index < -0.39 is 0 Å². The van der Waals surface area contributed by atoms with Gasteiger partial charge in [-0.15, -0.1) is 0 Å². The van der Waals surface area contributed by atoms with Crippen LogP contribution in [0.1, 0.15) is 52.4 Å². The average molecular weight is 513 g/mol. The van der Waals surface area contributed by atoms with Crippen molar-refractivity contribution < 1.29 is 13.9 Å². The van der Waals surface area contributed by atoms with Crippen molar-refractivity contribution in [2.24, 2.45) is 0 Å². The predicted octanol–water partition coefficient (Wildman–Crippen LogP) is 4.62. The molecule has 0 radical (unpaired) electrons. The number of imidazole rings is 1. The number of halogens is 1. The van der Waals surface area contributed by atoms with Crippen molar-refractivity contribution in [3.8, 4) is 11.3 Å². The van der Waals surface area contributed by atoms with Crippen molar-refractivity contribution >= 4 is 23.1 Å². The van der Waals surface area contributed by atoms with E-state index in [0.29, 0.717) is 41.2 Å². The molecule has 3 aromatic heterocycles. The smallest absolute Gasteiger partial charge is 0.254 e. The van der Waals surface area contributed by atoms with Crippen LogP contribution in [0.4, 0.5) is 15.9 Å². The monoisotopic (exact) mass is 512 g/mol. The van der Waals surface area contributed by atoms with Crippen LogP contribution in [0.2, 0.25) is 0 Å². The Bertz CT molecular complexity index is 1560. The molecule has 2 fully saturated rings. The van der Waals surface area contributed by atoms with E-state index in [1.807, 2.05) is 22.6 Å². The zero-order chi connectivity index (χ0) is 25.8. The Morgan fingerprint density at radius 2 is 2.11 bits per heavy atom. The summed E-state index contributed by atoms with van der Waals surface area (Å²) in [6.45, 7) is 2.73. The standard InChI is InChI=1S/C29H29FN6O2/c1-35(19-2-3-19)15-24-20(17-9-11-38-16-17)5-7-26(34-24)33-23-6-4-21(22-13-32-29(37)28(22)23)25-14-31-27-12-18(30)8-10-36(25)27/h4-8,10,12,14,17,19H,2-3,9,11,13,15-16H2,1H3,(H,32,37)(H,33,34). The van der Waals surface area contributed by atoms with Gasteiger partial charge in [0.1, 0.15) is 17.3 Å². The summed E-state index contributed by atoms with van der Waals surface area (Å²) in [6, 6.07) is 11.5. The Kier molecular flexibility index (Phi) is 5.63. The number of carbonyl (C=O) groups is 1. The lowest BCUT2D eigenvalue weighted by Crippen LogP contribution is -2.22. The second kappa shape index (κ2) is 9.18. The summed E-state index contributed by atoms with van der Waals surface area (Å²) in [7, 11) is 2.17. The van der Waals surface area contributed by atoms with Gasteiger partial charge in [0.15, 0.2) is 0 Å². The van der Waals surface area contributed by atoms with Gasteiger partial charge in [-0.3, -0.25) is 14.1 Å². The first kappa shape index (κ1) is 23.3. The van der Waals surface area contributed by atoms with E-state index in [4.69, 9.17) is 9.72 Å². The van der Waals surface area contributed by atoms with Crippen LogP contribution in [0, 0.1) is 5.82 Å². The summed E-state index contributed by atoms with van der Waals surface area (Å²) in [6.07, 6.45) is 6.88. The number of pyridine rings is 2. The van der Waals surface area contributed by atoms with Crippen LogP contribution in [-0.2, 0) is 17.8 Å². The molecule has 1 unspecified atom stereocenters. The highest BCUT2D eigenvalue weighted by Crippen LogP contribution is 2.36. The van der Waals surface area contributed by atoms with Gasteiger partial charge in [0.25, 0.3) is 5.91 Å². The Morgan fingerprint density at radius 3 is 2.92 bits per heavy atom. The molecule has 1 amide bonds. The minimum absolute atomic E-state index is 0.127. The lowest BCUT2D eigenvalue weighted by atomic mass is 9.96. The van der Waals surface area contributed by atoms with Crippen molar-refractivity contribution in [1.82, 2.24) is 24.6 Å². The molecule has 2 aliphatic heterocycles. The van der Waals surface area contributed by atoms with Gasteiger partial charge in [0.2, 0.25) is 0 Å². The van der Waals surface area contributed by atoms with Gasteiger partial charge in [-0.05, 0) is 55.6 Å². The first-order valence-corrected chi connectivity index (χ1v) is 13.2. The maximum absolute atomic E-state index is 13.7. The number of nitrogens with one attached hydrogen (secondary N) is 2. The molecule has 194 valence electrons. The quantitative estimate of drug-likeness (QED) is 0.376. The highest BCUT2D eigenvalue weighted by molar-refractivity contribution is 6.06. The number of carbonyl (C=O) groups excluding carboxylic acids is 1. The summed E-state index contributed by atoms with van der Waals surface area (Å²) >= 11 is 0. The third-order valence-corrected chi connectivity index (χ3v) is 7.93. The van der Waals surface area contributed by atoms with Crippen molar-refractivity contribution in [2.75, 3.05) is 25.6 Å². The summed E-state index contributed by atoms with van der Waals surface area (Å²) < 4.78 is 21.2. The lowest BCUT2D eigenvalue weighted by Gasteiger charge is -2.21. The summed E-state index contributed by atoms with van der Waals surface area (Å²) in [5, 5.41) is 6.40. The molecule has 0 bridgehead atoms. The molecule has 1 saturated heterocycles. The zero-order valence-corrected chi connectivity index (χ0v) is 21.2. The van der Waals surface area contributed by atoms with Gasteiger partial charge in [0, 0.05) is 49.5 Å². The molecule has 7 rings (SSSR count). The van der Waals surface area contributed by atoms with Gasteiger partial charge >= 0.3 is 0 Å². The molecule has 3 aliphatic rings. The highest BCUT2D eigenvalue weighted by atomic mass is 19.1. The van der Waals surface area contributed by atoms with Gasteiger partial charge < -0.3 is 15.4 Å². The SMILES string of the molecule is CN(Cc1nc(Nc2ccc(-c3cnc4cc(F)ccn34)c3c2C(=O)NC3)ccc1C1CCOC1)C1CC1.